The Labute approximate surface area is 95.3 Å². The molecule has 82 valence electrons. The molecule has 1 aromatic carbocycles. The highest BCUT2D eigenvalue weighted by Gasteiger charge is 2.21. The molecule has 1 atom stereocenters. The molecule has 0 amide bonds. The predicted octanol–water partition coefficient (Wildman–Crippen LogP) is 3.09. The van der Waals surface area contributed by atoms with Gasteiger partial charge in [-0.3, -0.25) is 0 Å². The van der Waals surface area contributed by atoms with Gasteiger partial charge in [0.15, 0.2) is 0 Å². The number of hydrogen-bond donors (Lipinski definition) is 2. The van der Waals surface area contributed by atoms with E-state index in [4.69, 9.17) is 11.6 Å². The zero-order valence-corrected chi connectivity index (χ0v) is 9.86. The molecule has 0 spiro atoms. The van der Waals surface area contributed by atoms with Crippen molar-refractivity contribution in [2.24, 2.45) is 0 Å². The maximum atomic E-state index is 9.87. The maximum Gasteiger partial charge on any atom is 0.137 e. The second-order valence-corrected chi connectivity index (χ2v) is 4.60. The second-order valence-electron chi connectivity index (χ2n) is 4.22. The van der Waals surface area contributed by atoms with Crippen LogP contribution in [-0.4, -0.2) is 11.7 Å². The molecule has 1 aromatic rings. The Balaban J connectivity index is 2.47. The highest BCUT2D eigenvalue weighted by Crippen LogP contribution is 2.37. The van der Waals surface area contributed by atoms with Gasteiger partial charge in [0, 0.05) is 6.04 Å². The van der Waals surface area contributed by atoms with Gasteiger partial charge in [-0.2, -0.15) is 0 Å². The van der Waals surface area contributed by atoms with Crippen molar-refractivity contribution in [1.82, 2.24) is 5.32 Å². The van der Waals surface area contributed by atoms with Gasteiger partial charge in [-0.1, -0.05) is 17.7 Å². The third-order valence-electron chi connectivity index (χ3n) is 3.15. The molecule has 1 aliphatic heterocycles. The van der Waals surface area contributed by atoms with Crippen LogP contribution in [0.4, 0.5) is 0 Å². The molecule has 1 saturated heterocycles. The Kier molecular flexibility index (Phi) is 2.89. The Morgan fingerprint density at radius 1 is 1.47 bits per heavy atom. The first-order valence-electron chi connectivity index (χ1n) is 5.33. The van der Waals surface area contributed by atoms with Gasteiger partial charge in [-0.25, -0.2) is 0 Å². The average molecular weight is 226 g/mol. The van der Waals surface area contributed by atoms with E-state index >= 15 is 0 Å². The summed E-state index contributed by atoms with van der Waals surface area (Å²) in [6, 6.07) is 2.47. The number of phenols is 1. The minimum atomic E-state index is 0.236. The Morgan fingerprint density at radius 2 is 2.20 bits per heavy atom. The summed E-state index contributed by atoms with van der Waals surface area (Å²) in [5, 5.41) is 13.8. The molecule has 0 aromatic heterocycles. The van der Waals surface area contributed by atoms with Crippen LogP contribution in [0.15, 0.2) is 6.07 Å². The Hall–Kier alpha value is -0.730. The molecular weight excluding hydrogens is 210 g/mol. The standard InChI is InChI=1S/C12H16ClNO/c1-7-6-9(10-4-3-5-14-10)8(2)12(15)11(7)13/h6,10,14-15H,3-5H2,1-2H3. The van der Waals surface area contributed by atoms with Crippen molar-refractivity contribution in [3.8, 4) is 5.75 Å². The van der Waals surface area contributed by atoms with Crippen LogP contribution in [0.2, 0.25) is 5.02 Å². The van der Waals surface area contributed by atoms with Crippen LogP contribution in [0.5, 0.6) is 5.75 Å². The summed E-state index contributed by atoms with van der Waals surface area (Å²) < 4.78 is 0. The van der Waals surface area contributed by atoms with Gasteiger partial charge < -0.3 is 10.4 Å². The maximum absolute atomic E-state index is 9.87. The van der Waals surface area contributed by atoms with E-state index in [0.29, 0.717) is 11.1 Å². The van der Waals surface area contributed by atoms with Crippen LogP contribution in [0.1, 0.15) is 35.6 Å². The molecule has 1 heterocycles. The number of benzene rings is 1. The molecule has 15 heavy (non-hydrogen) atoms. The Bertz CT molecular complexity index is 384. The first kappa shape index (κ1) is 10.8. The predicted molar refractivity (Wildman–Crippen MR) is 62.6 cm³/mol. The minimum Gasteiger partial charge on any atom is -0.506 e. The SMILES string of the molecule is Cc1cc(C2CCCN2)c(C)c(O)c1Cl. The lowest BCUT2D eigenvalue weighted by atomic mass is 9.97. The fourth-order valence-corrected chi connectivity index (χ4v) is 2.40. The van der Waals surface area contributed by atoms with Gasteiger partial charge in [0.1, 0.15) is 5.75 Å². The third-order valence-corrected chi connectivity index (χ3v) is 3.63. The molecular formula is C12H16ClNO. The van der Waals surface area contributed by atoms with Crippen LogP contribution in [0.3, 0.4) is 0 Å². The minimum absolute atomic E-state index is 0.236. The Morgan fingerprint density at radius 3 is 2.80 bits per heavy atom. The van der Waals surface area contributed by atoms with E-state index in [0.717, 1.165) is 24.1 Å². The molecule has 2 rings (SSSR count). The molecule has 0 radical (unpaired) electrons. The summed E-state index contributed by atoms with van der Waals surface area (Å²) in [5.74, 6) is 0.236. The molecule has 3 heteroatoms. The van der Waals surface area contributed by atoms with Crippen LogP contribution >= 0.6 is 11.6 Å². The monoisotopic (exact) mass is 225 g/mol. The largest absolute Gasteiger partial charge is 0.506 e. The average Bonchev–Trinajstić information content (AvgIpc) is 2.73. The highest BCUT2D eigenvalue weighted by molar-refractivity contribution is 6.32. The number of phenolic OH excluding ortho intramolecular Hbond substituents is 1. The van der Waals surface area contributed by atoms with Crippen molar-refractivity contribution in [2.45, 2.75) is 32.7 Å². The quantitative estimate of drug-likeness (QED) is 0.770. The number of aryl methyl sites for hydroxylation is 1. The molecule has 2 N–H and O–H groups in total. The van der Waals surface area contributed by atoms with E-state index < -0.39 is 0 Å². The summed E-state index contributed by atoms with van der Waals surface area (Å²) in [6.07, 6.45) is 2.34. The van der Waals surface area contributed by atoms with Gasteiger partial charge in [0.05, 0.1) is 5.02 Å². The third kappa shape index (κ3) is 1.84. The first-order valence-corrected chi connectivity index (χ1v) is 5.71. The van der Waals surface area contributed by atoms with Crippen LogP contribution < -0.4 is 5.32 Å². The molecule has 0 aliphatic carbocycles. The molecule has 1 fully saturated rings. The second kappa shape index (κ2) is 4.03. The van der Waals surface area contributed by atoms with E-state index in [2.05, 4.69) is 11.4 Å². The van der Waals surface area contributed by atoms with E-state index in [1.54, 1.807) is 0 Å². The number of aromatic hydroxyl groups is 1. The fourth-order valence-electron chi connectivity index (χ4n) is 2.20. The van der Waals surface area contributed by atoms with Gasteiger partial charge in [-0.15, -0.1) is 0 Å². The summed E-state index contributed by atoms with van der Waals surface area (Å²) in [6.45, 7) is 4.92. The summed E-state index contributed by atoms with van der Waals surface area (Å²) in [7, 11) is 0. The molecule has 1 aliphatic rings. The van der Waals surface area contributed by atoms with E-state index in [-0.39, 0.29) is 5.75 Å². The number of hydrogen-bond acceptors (Lipinski definition) is 2. The number of rotatable bonds is 1. The summed E-state index contributed by atoms with van der Waals surface area (Å²) in [4.78, 5) is 0. The van der Waals surface area contributed by atoms with Gasteiger partial charge in [0.2, 0.25) is 0 Å². The fraction of sp³-hybridized carbons (Fsp3) is 0.500. The van der Waals surface area contributed by atoms with Gasteiger partial charge in [0.25, 0.3) is 0 Å². The topological polar surface area (TPSA) is 32.3 Å². The zero-order valence-electron chi connectivity index (χ0n) is 9.10. The van der Waals surface area contributed by atoms with E-state index in [1.165, 1.54) is 12.0 Å². The van der Waals surface area contributed by atoms with Gasteiger partial charge in [-0.05, 0) is 49.9 Å². The summed E-state index contributed by atoms with van der Waals surface area (Å²) >= 11 is 5.99. The molecule has 2 nitrogen and oxygen atoms in total. The van der Waals surface area contributed by atoms with Crippen LogP contribution in [0, 0.1) is 13.8 Å². The van der Waals surface area contributed by atoms with Crippen molar-refractivity contribution in [1.29, 1.82) is 0 Å². The highest BCUT2D eigenvalue weighted by atomic mass is 35.5. The lowest BCUT2D eigenvalue weighted by molar-refractivity contribution is 0.468. The van der Waals surface area contributed by atoms with Crippen molar-refractivity contribution in [3.63, 3.8) is 0 Å². The first-order chi connectivity index (χ1) is 7.11. The van der Waals surface area contributed by atoms with Crippen molar-refractivity contribution < 1.29 is 5.11 Å². The van der Waals surface area contributed by atoms with E-state index in [1.807, 2.05) is 13.8 Å². The van der Waals surface area contributed by atoms with Crippen molar-refractivity contribution >= 4 is 11.6 Å². The number of halogens is 1. The van der Waals surface area contributed by atoms with Crippen LogP contribution in [-0.2, 0) is 0 Å². The van der Waals surface area contributed by atoms with Crippen LogP contribution in [0.25, 0.3) is 0 Å². The number of nitrogens with one attached hydrogen (secondary N) is 1. The molecule has 0 saturated carbocycles. The van der Waals surface area contributed by atoms with Crippen molar-refractivity contribution in [2.75, 3.05) is 6.54 Å². The lowest BCUT2D eigenvalue weighted by Crippen LogP contribution is -2.14. The zero-order chi connectivity index (χ0) is 11.0. The van der Waals surface area contributed by atoms with Gasteiger partial charge >= 0.3 is 0 Å². The molecule has 1 unspecified atom stereocenters. The smallest absolute Gasteiger partial charge is 0.137 e. The summed E-state index contributed by atoms with van der Waals surface area (Å²) in [5.41, 5.74) is 3.04. The molecule has 0 bridgehead atoms. The lowest BCUT2D eigenvalue weighted by Gasteiger charge is -2.17. The van der Waals surface area contributed by atoms with E-state index in [9.17, 15) is 5.11 Å². The van der Waals surface area contributed by atoms with Crippen molar-refractivity contribution in [3.05, 3.63) is 27.8 Å². The normalized spacial score (nSPS) is 20.9.